The van der Waals surface area contributed by atoms with Crippen LogP contribution in [0.2, 0.25) is 0 Å². The molecule has 2 atom stereocenters. The summed E-state index contributed by atoms with van der Waals surface area (Å²) in [5.74, 6) is -0.220. The summed E-state index contributed by atoms with van der Waals surface area (Å²) < 4.78 is 6.81. The van der Waals surface area contributed by atoms with Crippen LogP contribution in [0, 0.1) is 5.92 Å². The van der Waals surface area contributed by atoms with Gasteiger partial charge in [-0.2, -0.15) is 5.10 Å². The number of nitrogens with one attached hydrogen (secondary N) is 1. The maximum Gasteiger partial charge on any atom is 0.225 e. The number of piperidine rings is 1. The van der Waals surface area contributed by atoms with E-state index in [9.17, 15) is 9.59 Å². The first-order chi connectivity index (χ1) is 12.1. The van der Waals surface area contributed by atoms with Crippen molar-refractivity contribution in [3.63, 3.8) is 0 Å². The van der Waals surface area contributed by atoms with E-state index in [1.165, 1.54) is 0 Å². The fourth-order valence-electron chi connectivity index (χ4n) is 3.59. The van der Waals surface area contributed by atoms with Gasteiger partial charge < -0.3 is 19.9 Å². The zero-order valence-corrected chi connectivity index (χ0v) is 15.0. The topological polar surface area (TPSA) is 79.7 Å². The minimum absolute atomic E-state index is 0.00805. The lowest BCUT2D eigenvalue weighted by Gasteiger charge is -2.34. The molecule has 1 aromatic rings. The highest BCUT2D eigenvalue weighted by molar-refractivity contribution is 5.89. The Hall–Kier alpha value is -2.09. The molecule has 0 saturated carbocycles. The van der Waals surface area contributed by atoms with Crippen LogP contribution in [0.5, 0.6) is 0 Å². The third-order valence-electron chi connectivity index (χ3n) is 4.97. The summed E-state index contributed by atoms with van der Waals surface area (Å²) in [6, 6.07) is 0.115. The van der Waals surface area contributed by atoms with Gasteiger partial charge in [0.25, 0.3) is 0 Å². The molecule has 0 aromatic carbocycles. The Morgan fingerprint density at radius 3 is 3.00 bits per heavy atom. The Kier molecular flexibility index (Phi) is 5.57. The maximum atomic E-state index is 12.6. The van der Waals surface area contributed by atoms with E-state index in [0.29, 0.717) is 26.1 Å². The number of carbonyl (C=O) groups is 2. The predicted octanol–water partition coefficient (Wildman–Crippen LogP) is 0.00000000000000178. The molecule has 2 aliphatic heterocycles. The molecule has 0 radical (unpaired) electrons. The van der Waals surface area contributed by atoms with Gasteiger partial charge in [-0.3, -0.25) is 14.3 Å². The monoisotopic (exact) mass is 349 g/mol. The van der Waals surface area contributed by atoms with Crippen LogP contribution in [-0.2, 0) is 21.4 Å². The highest BCUT2D eigenvalue weighted by Gasteiger charge is 2.35. The number of amides is 2. The summed E-state index contributed by atoms with van der Waals surface area (Å²) in [5, 5.41) is 7.36. The molecule has 1 N–H and O–H groups in total. The molecule has 2 fully saturated rings. The van der Waals surface area contributed by atoms with Crippen LogP contribution in [0.3, 0.4) is 0 Å². The van der Waals surface area contributed by atoms with Gasteiger partial charge in [0.05, 0.1) is 24.4 Å². The number of carbonyl (C=O) groups excluding carboxylic acids is 2. The van der Waals surface area contributed by atoms with E-state index >= 15 is 0 Å². The number of aromatic nitrogens is 2. The van der Waals surface area contributed by atoms with Crippen molar-refractivity contribution >= 4 is 17.5 Å². The van der Waals surface area contributed by atoms with Gasteiger partial charge in [0.15, 0.2) is 0 Å². The summed E-state index contributed by atoms with van der Waals surface area (Å²) in [4.78, 5) is 28.5. The highest BCUT2D eigenvalue weighted by atomic mass is 16.5. The van der Waals surface area contributed by atoms with Crippen LogP contribution < -0.4 is 10.2 Å². The molecular formula is C17H27N5O3. The predicted molar refractivity (Wildman–Crippen MR) is 93.1 cm³/mol. The molecule has 2 aliphatic rings. The van der Waals surface area contributed by atoms with E-state index in [1.807, 2.05) is 19.4 Å². The second-order valence-corrected chi connectivity index (χ2v) is 6.90. The van der Waals surface area contributed by atoms with E-state index in [4.69, 9.17) is 4.74 Å². The lowest BCUT2D eigenvalue weighted by Crippen LogP contribution is -2.49. The molecule has 1 aromatic heterocycles. The zero-order valence-electron chi connectivity index (χ0n) is 15.0. The molecule has 0 spiro atoms. The number of hydrogen-bond donors (Lipinski definition) is 1. The third-order valence-corrected chi connectivity index (χ3v) is 4.97. The van der Waals surface area contributed by atoms with Gasteiger partial charge in [-0.15, -0.1) is 0 Å². The molecule has 8 heteroatoms. The molecule has 2 amide bonds. The smallest absolute Gasteiger partial charge is 0.225 e. The van der Waals surface area contributed by atoms with Crippen LogP contribution in [0.4, 0.5) is 5.69 Å². The number of aryl methyl sites for hydroxylation is 1. The lowest BCUT2D eigenvalue weighted by atomic mass is 10.0. The fourth-order valence-corrected chi connectivity index (χ4v) is 3.59. The molecule has 25 heavy (non-hydrogen) atoms. The average Bonchev–Trinajstić information content (AvgIpc) is 3.19. The van der Waals surface area contributed by atoms with Crippen molar-refractivity contribution in [3.05, 3.63) is 12.4 Å². The first kappa shape index (κ1) is 17.7. The van der Waals surface area contributed by atoms with Gasteiger partial charge in [-0.1, -0.05) is 0 Å². The van der Waals surface area contributed by atoms with Crippen molar-refractivity contribution in [3.8, 4) is 0 Å². The van der Waals surface area contributed by atoms with Crippen molar-refractivity contribution in [2.24, 2.45) is 13.0 Å². The summed E-state index contributed by atoms with van der Waals surface area (Å²) >= 11 is 0. The second kappa shape index (κ2) is 7.86. The molecule has 8 nitrogen and oxygen atoms in total. The van der Waals surface area contributed by atoms with Gasteiger partial charge >= 0.3 is 0 Å². The van der Waals surface area contributed by atoms with E-state index in [2.05, 4.69) is 15.3 Å². The Balaban J connectivity index is 1.51. The second-order valence-electron chi connectivity index (χ2n) is 6.90. The molecule has 138 valence electrons. The van der Waals surface area contributed by atoms with E-state index in [0.717, 1.165) is 31.6 Å². The van der Waals surface area contributed by atoms with Crippen LogP contribution in [0.15, 0.2) is 12.4 Å². The van der Waals surface area contributed by atoms with Crippen LogP contribution in [0.25, 0.3) is 0 Å². The Morgan fingerprint density at radius 2 is 2.28 bits per heavy atom. The summed E-state index contributed by atoms with van der Waals surface area (Å²) in [7, 11) is 3.51. The molecule has 0 bridgehead atoms. The Morgan fingerprint density at radius 1 is 1.44 bits per heavy atom. The molecular weight excluding hydrogens is 322 g/mol. The molecule has 2 saturated heterocycles. The molecule has 3 rings (SSSR count). The number of hydrogen-bond acceptors (Lipinski definition) is 5. The van der Waals surface area contributed by atoms with Crippen LogP contribution >= 0.6 is 0 Å². The SMILES string of the molecule is COCCN1CC(C(=O)NC2CCCN(c3cnn(C)c3)C2)CC1=O. The molecule has 0 aliphatic carbocycles. The number of methoxy groups -OCH3 is 1. The summed E-state index contributed by atoms with van der Waals surface area (Å²) in [5.41, 5.74) is 1.09. The van der Waals surface area contributed by atoms with Crippen molar-refractivity contribution in [2.75, 3.05) is 44.8 Å². The maximum absolute atomic E-state index is 12.6. The standard InChI is InChI=1S/C17H27N5O3/c1-20-12-15(9-18-20)21-5-3-4-14(11-21)19-17(24)13-8-16(23)22(10-13)6-7-25-2/h9,12-14H,3-8,10-11H2,1-2H3,(H,19,24). The van der Waals surface area contributed by atoms with Gasteiger partial charge in [-0.05, 0) is 12.8 Å². The van der Waals surface area contributed by atoms with E-state index in [-0.39, 0.29) is 23.8 Å². The highest BCUT2D eigenvalue weighted by Crippen LogP contribution is 2.21. The van der Waals surface area contributed by atoms with Crippen LogP contribution in [-0.4, -0.2) is 72.4 Å². The van der Waals surface area contributed by atoms with Crippen molar-refractivity contribution < 1.29 is 14.3 Å². The lowest BCUT2D eigenvalue weighted by molar-refractivity contribution is -0.129. The van der Waals surface area contributed by atoms with Gasteiger partial charge in [-0.25, -0.2) is 0 Å². The number of nitrogens with zero attached hydrogens (tertiary/aromatic N) is 4. The number of likely N-dealkylation sites (tertiary alicyclic amines) is 1. The van der Waals surface area contributed by atoms with Gasteiger partial charge in [0.2, 0.25) is 11.8 Å². The van der Waals surface area contributed by atoms with Crippen molar-refractivity contribution in [1.82, 2.24) is 20.0 Å². The Bertz CT molecular complexity index is 617. The van der Waals surface area contributed by atoms with Gasteiger partial charge in [0, 0.05) is 59.0 Å². The first-order valence-electron chi connectivity index (χ1n) is 8.87. The molecule has 2 unspecified atom stereocenters. The number of anilines is 1. The third kappa shape index (κ3) is 4.31. The van der Waals surface area contributed by atoms with Gasteiger partial charge in [0.1, 0.15) is 0 Å². The largest absolute Gasteiger partial charge is 0.383 e. The van der Waals surface area contributed by atoms with Crippen LogP contribution in [0.1, 0.15) is 19.3 Å². The fraction of sp³-hybridized carbons (Fsp3) is 0.706. The Labute approximate surface area is 148 Å². The first-order valence-corrected chi connectivity index (χ1v) is 8.87. The summed E-state index contributed by atoms with van der Waals surface area (Å²) in [6.07, 6.45) is 6.15. The minimum Gasteiger partial charge on any atom is -0.383 e. The number of ether oxygens (including phenoxy) is 1. The summed E-state index contributed by atoms with van der Waals surface area (Å²) in [6.45, 7) is 3.31. The quantitative estimate of drug-likeness (QED) is 0.782. The molecule has 3 heterocycles. The minimum atomic E-state index is -0.252. The number of rotatable bonds is 6. The van der Waals surface area contributed by atoms with E-state index in [1.54, 1.807) is 16.7 Å². The zero-order chi connectivity index (χ0) is 17.8. The van der Waals surface area contributed by atoms with Crippen molar-refractivity contribution in [1.29, 1.82) is 0 Å². The normalized spacial score (nSPS) is 24.0. The average molecular weight is 349 g/mol. The van der Waals surface area contributed by atoms with Crippen molar-refractivity contribution in [2.45, 2.75) is 25.3 Å². The van der Waals surface area contributed by atoms with E-state index < -0.39 is 0 Å².